The van der Waals surface area contributed by atoms with Gasteiger partial charge >= 0.3 is 0 Å². The fourth-order valence-corrected chi connectivity index (χ4v) is 3.61. The molecule has 4 atom stereocenters. The lowest BCUT2D eigenvalue weighted by Gasteiger charge is -2.66. The van der Waals surface area contributed by atoms with E-state index in [-0.39, 0.29) is 0 Å². The van der Waals surface area contributed by atoms with E-state index in [1.165, 1.54) is 12.8 Å². The van der Waals surface area contributed by atoms with Crippen molar-refractivity contribution >= 4 is 0 Å². The van der Waals surface area contributed by atoms with Gasteiger partial charge in [-0.3, -0.25) is 0 Å². The largest absolute Gasteiger partial charge is 0.0622 e. The molecule has 0 aromatic heterocycles. The van der Waals surface area contributed by atoms with Crippen LogP contribution in [0.5, 0.6) is 0 Å². The van der Waals surface area contributed by atoms with Crippen LogP contribution in [0.25, 0.3) is 0 Å². The van der Waals surface area contributed by atoms with Crippen molar-refractivity contribution in [2.75, 3.05) is 0 Å². The molecule has 64 valence electrons. The topological polar surface area (TPSA) is 0 Å². The van der Waals surface area contributed by atoms with E-state index in [4.69, 9.17) is 0 Å². The second-order valence-electron chi connectivity index (χ2n) is 5.17. The summed E-state index contributed by atoms with van der Waals surface area (Å²) in [6, 6.07) is 0. The van der Waals surface area contributed by atoms with Gasteiger partial charge < -0.3 is 0 Å². The van der Waals surface area contributed by atoms with Crippen molar-refractivity contribution in [1.29, 1.82) is 0 Å². The molecular weight excluding hydrogens is 132 g/mol. The van der Waals surface area contributed by atoms with Gasteiger partial charge in [-0.15, -0.1) is 0 Å². The maximum absolute atomic E-state index is 2.45. The first-order valence-corrected chi connectivity index (χ1v) is 5.08. The van der Waals surface area contributed by atoms with E-state index >= 15 is 0 Å². The Morgan fingerprint density at radius 3 is 1.36 bits per heavy atom. The molecule has 0 heteroatoms. The second-order valence-corrected chi connectivity index (χ2v) is 5.17. The van der Waals surface area contributed by atoms with Gasteiger partial charge in [0.15, 0.2) is 0 Å². The minimum absolute atomic E-state index is 0.804. The Kier molecular flexibility index (Phi) is 1.41. The van der Waals surface area contributed by atoms with Gasteiger partial charge in [0, 0.05) is 0 Å². The predicted molar refractivity (Wildman–Crippen MR) is 48.3 cm³/mol. The molecule has 2 saturated carbocycles. The van der Waals surface area contributed by atoms with Crippen LogP contribution in [-0.4, -0.2) is 0 Å². The predicted octanol–water partition coefficient (Wildman–Crippen LogP) is 3.32. The Morgan fingerprint density at radius 1 is 0.818 bits per heavy atom. The van der Waals surface area contributed by atoms with Crippen LogP contribution in [0, 0.1) is 29.1 Å². The fourth-order valence-electron chi connectivity index (χ4n) is 3.61. The molecule has 1 spiro atoms. The molecule has 0 aromatic rings. The van der Waals surface area contributed by atoms with Gasteiger partial charge in [-0.1, -0.05) is 27.7 Å². The summed E-state index contributed by atoms with van der Waals surface area (Å²) in [5.74, 6) is 4.03. The van der Waals surface area contributed by atoms with E-state index in [1.54, 1.807) is 0 Å². The molecule has 0 radical (unpaired) electrons. The number of hydrogen-bond acceptors (Lipinski definition) is 0. The lowest BCUT2D eigenvalue weighted by Crippen LogP contribution is -2.58. The van der Waals surface area contributed by atoms with Crippen LogP contribution in [-0.2, 0) is 0 Å². The molecule has 0 aromatic carbocycles. The SMILES string of the molecule is CC1CC2(CC(C)C2C)C1C. The van der Waals surface area contributed by atoms with Gasteiger partial charge in [-0.25, -0.2) is 0 Å². The molecule has 0 bridgehead atoms. The van der Waals surface area contributed by atoms with Gasteiger partial charge in [-0.05, 0) is 41.9 Å². The Balaban J connectivity index is 2.06. The van der Waals surface area contributed by atoms with E-state index in [2.05, 4.69) is 27.7 Å². The summed E-state index contributed by atoms with van der Waals surface area (Å²) in [5, 5.41) is 0. The first-order chi connectivity index (χ1) is 5.08. The van der Waals surface area contributed by atoms with Crippen molar-refractivity contribution in [3.05, 3.63) is 0 Å². The van der Waals surface area contributed by atoms with Crippen molar-refractivity contribution in [2.24, 2.45) is 29.1 Å². The summed E-state index contributed by atoms with van der Waals surface area (Å²) in [5.41, 5.74) is 0.804. The molecule has 0 nitrogen and oxygen atoms in total. The average molecular weight is 152 g/mol. The minimum atomic E-state index is 0.804. The summed E-state index contributed by atoms with van der Waals surface area (Å²) in [7, 11) is 0. The third-order valence-electron chi connectivity index (χ3n) is 4.92. The molecule has 2 aliphatic carbocycles. The normalized spacial score (nSPS) is 62.2. The molecule has 0 amide bonds. The van der Waals surface area contributed by atoms with Gasteiger partial charge in [-0.2, -0.15) is 0 Å². The van der Waals surface area contributed by atoms with Crippen molar-refractivity contribution in [2.45, 2.75) is 40.5 Å². The van der Waals surface area contributed by atoms with Crippen molar-refractivity contribution in [3.63, 3.8) is 0 Å². The van der Waals surface area contributed by atoms with Gasteiger partial charge in [0.25, 0.3) is 0 Å². The zero-order valence-electron chi connectivity index (χ0n) is 8.22. The molecule has 0 heterocycles. The van der Waals surface area contributed by atoms with E-state index in [1.807, 2.05) is 0 Å². The maximum Gasteiger partial charge on any atom is -0.0236 e. The second kappa shape index (κ2) is 2.02. The molecule has 0 N–H and O–H groups in total. The van der Waals surface area contributed by atoms with Crippen LogP contribution < -0.4 is 0 Å². The monoisotopic (exact) mass is 152 g/mol. The highest BCUT2D eigenvalue weighted by Crippen LogP contribution is 2.67. The molecule has 4 unspecified atom stereocenters. The summed E-state index contributed by atoms with van der Waals surface area (Å²) in [6.07, 6.45) is 3.03. The standard InChI is InChI=1S/C11H20/c1-7-5-11(9(7)3)6-8(2)10(11)4/h7-10H,5-6H2,1-4H3. The molecule has 2 aliphatic rings. The van der Waals surface area contributed by atoms with Gasteiger partial charge in [0.1, 0.15) is 0 Å². The van der Waals surface area contributed by atoms with Crippen molar-refractivity contribution < 1.29 is 0 Å². The van der Waals surface area contributed by atoms with Crippen molar-refractivity contribution in [1.82, 2.24) is 0 Å². The van der Waals surface area contributed by atoms with Crippen LogP contribution >= 0.6 is 0 Å². The molecule has 11 heavy (non-hydrogen) atoms. The Labute approximate surface area is 70.4 Å². The fraction of sp³-hybridized carbons (Fsp3) is 1.00. The zero-order chi connectivity index (χ0) is 8.22. The number of hydrogen-bond donors (Lipinski definition) is 0. The molecule has 2 fully saturated rings. The van der Waals surface area contributed by atoms with E-state index in [0.717, 1.165) is 29.1 Å². The first kappa shape index (κ1) is 7.64. The summed E-state index contributed by atoms with van der Waals surface area (Å²) >= 11 is 0. The smallest absolute Gasteiger partial charge is 0.0236 e. The minimum Gasteiger partial charge on any atom is -0.0622 e. The van der Waals surface area contributed by atoms with Gasteiger partial charge in [0.2, 0.25) is 0 Å². The highest BCUT2D eigenvalue weighted by molar-refractivity contribution is 5.08. The third kappa shape index (κ3) is 0.711. The summed E-state index contributed by atoms with van der Waals surface area (Å²) in [6.45, 7) is 9.73. The van der Waals surface area contributed by atoms with Crippen molar-refractivity contribution in [3.8, 4) is 0 Å². The highest BCUT2D eigenvalue weighted by atomic mass is 14.6. The quantitative estimate of drug-likeness (QED) is 0.499. The third-order valence-corrected chi connectivity index (χ3v) is 4.92. The Bertz CT molecular complexity index is 151. The van der Waals surface area contributed by atoms with Crippen LogP contribution in [0.15, 0.2) is 0 Å². The molecule has 0 aliphatic heterocycles. The van der Waals surface area contributed by atoms with E-state index in [9.17, 15) is 0 Å². The maximum atomic E-state index is 2.45. The average Bonchev–Trinajstić information content (AvgIpc) is 2.02. The Hall–Kier alpha value is 0. The zero-order valence-corrected chi connectivity index (χ0v) is 8.22. The number of rotatable bonds is 0. The highest BCUT2D eigenvalue weighted by Gasteiger charge is 2.59. The van der Waals surface area contributed by atoms with Crippen LogP contribution in [0.2, 0.25) is 0 Å². The van der Waals surface area contributed by atoms with Gasteiger partial charge in [0.05, 0.1) is 0 Å². The van der Waals surface area contributed by atoms with Crippen LogP contribution in [0.3, 0.4) is 0 Å². The Morgan fingerprint density at radius 2 is 1.18 bits per heavy atom. The summed E-state index contributed by atoms with van der Waals surface area (Å²) < 4.78 is 0. The van der Waals surface area contributed by atoms with E-state index in [0.29, 0.717) is 0 Å². The lowest BCUT2D eigenvalue weighted by atomic mass is 9.39. The van der Waals surface area contributed by atoms with Crippen LogP contribution in [0.1, 0.15) is 40.5 Å². The first-order valence-electron chi connectivity index (χ1n) is 5.08. The van der Waals surface area contributed by atoms with E-state index < -0.39 is 0 Å². The van der Waals surface area contributed by atoms with Crippen LogP contribution in [0.4, 0.5) is 0 Å². The molecule has 0 saturated heterocycles. The lowest BCUT2D eigenvalue weighted by molar-refractivity contribution is -0.170. The molecular formula is C11H20. The summed E-state index contributed by atoms with van der Waals surface area (Å²) in [4.78, 5) is 0. The molecule has 2 rings (SSSR count).